The van der Waals surface area contributed by atoms with E-state index in [0.717, 1.165) is 0 Å². The zero-order valence-electron chi connectivity index (χ0n) is 16.7. The Morgan fingerprint density at radius 2 is 1.41 bits per heavy atom. The van der Waals surface area contributed by atoms with Gasteiger partial charge in [0.1, 0.15) is 5.60 Å². The Morgan fingerprint density at radius 3 is 1.89 bits per heavy atom. The van der Waals surface area contributed by atoms with Crippen LogP contribution in [-0.4, -0.2) is 78.6 Å². The Labute approximate surface area is 160 Å². The molecule has 0 aromatic heterocycles. The molecular weight excluding hydrogens is 354 g/mol. The molecule has 1 aliphatic heterocycles. The average Bonchev–Trinajstić information content (AvgIpc) is 2.58. The van der Waals surface area contributed by atoms with Crippen LogP contribution in [0.15, 0.2) is 0 Å². The number of esters is 1. The van der Waals surface area contributed by atoms with Gasteiger partial charge in [-0.1, -0.05) is 0 Å². The zero-order valence-corrected chi connectivity index (χ0v) is 16.7. The summed E-state index contributed by atoms with van der Waals surface area (Å²) < 4.78 is 9.92. The van der Waals surface area contributed by atoms with Gasteiger partial charge in [-0.3, -0.25) is 14.4 Å². The molecule has 0 atom stereocenters. The van der Waals surface area contributed by atoms with Crippen LogP contribution in [0.1, 0.15) is 47.0 Å². The van der Waals surface area contributed by atoms with Crippen LogP contribution < -0.4 is 5.32 Å². The number of hydrogen-bond acceptors (Lipinski definition) is 6. The maximum absolute atomic E-state index is 12.2. The third-order valence-corrected chi connectivity index (χ3v) is 3.84. The molecule has 1 aliphatic rings. The summed E-state index contributed by atoms with van der Waals surface area (Å²) in [5.74, 6) is -0.566. The Hall–Kier alpha value is -2.32. The fourth-order valence-electron chi connectivity index (χ4n) is 2.55. The molecule has 27 heavy (non-hydrogen) atoms. The highest BCUT2D eigenvalue weighted by Gasteiger charge is 2.24. The van der Waals surface area contributed by atoms with Gasteiger partial charge in [0.15, 0.2) is 0 Å². The van der Waals surface area contributed by atoms with Gasteiger partial charge in [0.2, 0.25) is 11.8 Å². The van der Waals surface area contributed by atoms with E-state index in [-0.39, 0.29) is 43.6 Å². The molecule has 0 saturated carbocycles. The third kappa shape index (κ3) is 9.25. The van der Waals surface area contributed by atoms with Crippen LogP contribution in [0.4, 0.5) is 4.79 Å². The van der Waals surface area contributed by atoms with Gasteiger partial charge in [-0.05, 0) is 27.7 Å². The molecule has 0 aliphatic carbocycles. The Kier molecular flexibility index (Phi) is 9.04. The van der Waals surface area contributed by atoms with Crippen LogP contribution >= 0.6 is 0 Å². The number of hydrogen-bond donors (Lipinski definition) is 1. The van der Waals surface area contributed by atoms with Gasteiger partial charge < -0.3 is 24.6 Å². The fraction of sp³-hybridized carbons (Fsp3) is 0.778. The van der Waals surface area contributed by atoms with E-state index in [2.05, 4.69) is 5.32 Å². The number of nitrogens with one attached hydrogen (secondary N) is 1. The van der Waals surface area contributed by atoms with E-state index in [9.17, 15) is 19.2 Å². The van der Waals surface area contributed by atoms with Gasteiger partial charge in [-0.2, -0.15) is 0 Å². The Balaban J connectivity index is 2.25. The van der Waals surface area contributed by atoms with Crippen LogP contribution in [0.3, 0.4) is 0 Å². The van der Waals surface area contributed by atoms with Crippen molar-refractivity contribution in [2.24, 2.45) is 0 Å². The fourth-order valence-corrected chi connectivity index (χ4v) is 2.55. The standard InChI is InChI=1S/C18H31N3O6/c1-5-26-16(24)7-6-14(22)20-10-12-21(13-11-20)15(23)8-9-19-17(25)27-18(2,3)4/h5-13H2,1-4H3,(H,19,25). The summed E-state index contributed by atoms with van der Waals surface area (Å²) in [7, 11) is 0. The highest BCUT2D eigenvalue weighted by Crippen LogP contribution is 2.08. The predicted octanol–water partition coefficient (Wildman–Crippen LogP) is 0.915. The topological polar surface area (TPSA) is 105 Å². The molecule has 0 aromatic carbocycles. The number of ether oxygens (including phenoxy) is 2. The summed E-state index contributed by atoms with van der Waals surface area (Å²) in [5.41, 5.74) is -0.579. The second-order valence-electron chi connectivity index (χ2n) is 7.25. The van der Waals surface area contributed by atoms with Crippen molar-refractivity contribution in [3.63, 3.8) is 0 Å². The lowest BCUT2D eigenvalue weighted by Gasteiger charge is -2.35. The smallest absolute Gasteiger partial charge is 0.407 e. The van der Waals surface area contributed by atoms with Crippen LogP contribution in [0.25, 0.3) is 0 Å². The van der Waals surface area contributed by atoms with E-state index in [1.54, 1.807) is 37.5 Å². The molecule has 1 N–H and O–H groups in total. The summed E-state index contributed by atoms with van der Waals surface area (Å²) >= 11 is 0. The minimum atomic E-state index is -0.579. The first-order chi connectivity index (χ1) is 12.6. The highest BCUT2D eigenvalue weighted by molar-refractivity contribution is 5.82. The van der Waals surface area contributed by atoms with E-state index in [1.165, 1.54) is 0 Å². The van der Waals surface area contributed by atoms with E-state index < -0.39 is 11.7 Å². The molecule has 0 aromatic rings. The summed E-state index contributed by atoms with van der Waals surface area (Å²) in [6.07, 6.45) is -0.183. The first-order valence-corrected chi connectivity index (χ1v) is 9.30. The van der Waals surface area contributed by atoms with Crippen molar-refractivity contribution in [1.82, 2.24) is 15.1 Å². The van der Waals surface area contributed by atoms with E-state index in [4.69, 9.17) is 9.47 Å². The highest BCUT2D eigenvalue weighted by atomic mass is 16.6. The van der Waals surface area contributed by atoms with Gasteiger partial charge in [-0.15, -0.1) is 0 Å². The number of carbonyl (C=O) groups excluding carboxylic acids is 4. The first kappa shape index (κ1) is 22.7. The summed E-state index contributed by atoms with van der Waals surface area (Å²) in [6.45, 7) is 9.29. The normalized spacial score (nSPS) is 14.5. The van der Waals surface area contributed by atoms with Crippen molar-refractivity contribution in [3.05, 3.63) is 0 Å². The third-order valence-electron chi connectivity index (χ3n) is 3.84. The maximum atomic E-state index is 12.2. The van der Waals surface area contributed by atoms with Crippen LogP contribution in [0.2, 0.25) is 0 Å². The lowest BCUT2D eigenvalue weighted by atomic mass is 10.2. The van der Waals surface area contributed by atoms with E-state index in [0.29, 0.717) is 32.8 Å². The van der Waals surface area contributed by atoms with Gasteiger partial charge in [-0.25, -0.2) is 4.79 Å². The molecule has 154 valence electrons. The molecule has 1 saturated heterocycles. The van der Waals surface area contributed by atoms with Crippen molar-refractivity contribution >= 4 is 23.9 Å². The van der Waals surface area contributed by atoms with Crippen LogP contribution in [0.5, 0.6) is 0 Å². The monoisotopic (exact) mass is 385 g/mol. The molecule has 0 radical (unpaired) electrons. The average molecular weight is 385 g/mol. The molecule has 9 nitrogen and oxygen atoms in total. The molecule has 1 heterocycles. The molecule has 0 spiro atoms. The van der Waals surface area contributed by atoms with Gasteiger partial charge in [0.05, 0.1) is 13.0 Å². The van der Waals surface area contributed by atoms with E-state index in [1.807, 2.05) is 0 Å². The first-order valence-electron chi connectivity index (χ1n) is 9.30. The van der Waals surface area contributed by atoms with Crippen molar-refractivity contribution in [2.45, 2.75) is 52.6 Å². The molecule has 1 fully saturated rings. The quantitative estimate of drug-likeness (QED) is 0.653. The minimum Gasteiger partial charge on any atom is -0.466 e. The molecule has 0 bridgehead atoms. The Morgan fingerprint density at radius 1 is 0.889 bits per heavy atom. The summed E-state index contributed by atoms with van der Waals surface area (Å²) in [5, 5.41) is 2.56. The number of nitrogens with zero attached hydrogens (tertiary/aromatic N) is 2. The zero-order chi connectivity index (χ0) is 20.4. The van der Waals surface area contributed by atoms with E-state index >= 15 is 0 Å². The summed E-state index contributed by atoms with van der Waals surface area (Å²) in [6, 6.07) is 0. The van der Waals surface area contributed by atoms with Gasteiger partial charge in [0, 0.05) is 45.6 Å². The number of piperazine rings is 1. The largest absolute Gasteiger partial charge is 0.466 e. The summed E-state index contributed by atoms with van der Waals surface area (Å²) in [4.78, 5) is 50.5. The van der Waals surface area contributed by atoms with Gasteiger partial charge >= 0.3 is 12.1 Å². The van der Waals surface area contributed by atoms with Crippen molar-refractivity contribution in [1.29, 1.82) is 0 Å². The lowest BCUT2D eigenvalue weighted by molar-refractivity contribution is -0.146. The van der Waals surface area contributed by atoms with Crippen molar-refractivity contribution < 1.29 is 28.7 Å². The number of rotatable bonds is 7. The SMILES string of the molecule is CCOC(=O)CCC(=O)N1CCN(C(=O)CCNC(=O)OC(C)(C)C)CC1. The lowest BCUT2D eigenvalue weighted by Crippen LogP contribution is -2.51. The van der Waals surface area contributed by atoms with Crippen LogP contribution in [-0.2, 0) is 23.9 Å². The molecule has 0 unspecified atom stereocenters. The van der Waals surface area contributed by atoms with Crippen molar-refractivity contribution in [2.75, 3.05) is 39.3 Å². The van der Waals surface area contributed by atoms with Gasteiger partial charge in [0.25, 0.3) is 0 Å². The van der Waals surface area contributed by atoms with Crippen LogP contribution in [0, 0.1) is 0 Å². The minimum absolute atomic E-state index is 0.0716. The Bertz CT molecular complexity index is 536. The molecular formula is C18H31N3O6. The number of carbonyl (C=O) groups is 4. The maximum Gasteiger partial charge on any atom is 0.407 e. The second kappa shape index (κ2) is 10.7. The predicted molar refractivity (Wildman–Crippen MR) is 97.9 cm³/mol. The molecule has 1 rings (SSSR count). The second-order valence-corrected chi connectivity index (χ2v) is 7.25. The molecule has 9 heteroatoms. The number of alkyl carbamates (subject to hydrolysis) is 1. The molecule has 3 amide bonds. The number of amides is 3. The van der Waals surface area contributed by atoms with Crippen molar-refractivity contribution in [3.8, 4) is 0 Å².